The second-order valence-electron chi connectivity index (χ2n) is 5.34. The van der Waals surface area contributed by atoms with E-state index in [9.17, 15) is 0 Å². The van der Waals surface area contributed by atoms with E-state index < -0.39 is 0 Å². The first-order valence-corrected chi connectivity index (χ1v) is 6.28. The molecule has 20 heavy (non-hydrogen) atoms. The number of nitrogens with two attached hydrogens (primary N) is 1. The Labute approximate surface area is 119 Å². The SMILES string of the molecule is COc1ccc(/C(N)=N/O)c(OCC(C)(C)N(C)C)c1. The Morgan fingerprint density at radius 3 is 2.55 bits per heavy atom. The molecule has 3 N–H and O–H groups in total. The topological polar surface area (TPSA) is 80.3 Å². The number of rotatable bonds is 6. The van der Waals surface area contributed by atoms with Crippen LogP contribution in [0.1, 0.15) is 19.4 Å². The largest absolute Gasteiger partial charge is 0.497 e. The monoisotopic (exact) mass is 281 g/mol. The molecule has 112 valence electrons. The molecule has 0 atom stereocenters. The van der Waals surface area contributed by atoms with E-state index in [-0.39, 0.29) is 11.4 Å². The maximum absolute atomic E-state index is 8.82. The zero-order valence-corrected chi connectivity index (χ0v) is 12.7. The fraction of sp³-hybridized carbons (Fsp3) is 0.500. The molecule has 0 saturated carbocycles. The molecule has 0 aliphatic carbocycles. The Hall–Kier alpha value is -1.95. The van der Waals surface area contributed by atoms with Gasteiger partial charge in [-0.2, -0.15) is 0 Å². The van der Waals surface area contributed by atoms with Crippen molar-refractivity contribution >= 4 is 5.84 Å². The quantitative estimate of drug-likeness (QED) is 0.357. The van der Waals surface area contributed by atoms with Gasteiger partial charge in [0.1, 0.15) is 18.1 Å². The van der Waals surface area contributed by atoms with Crippen LogP contribution in [-0.4, -0.2) is 49.3 Å². The van der Waals surface area contributed by atoms with Gasteiger partial charge in [-0.3, -0.25) is 0 Å². The molecule has 1 aromatic rings. The number of oxime groups is 1. The average molecular weight is 281 g/mol. The molecule has 0 bridgehead atoms. The summed E-state index contributed by atoms with van der Waals surface area (Å²) in [5, 5.41) is 11.8. The van der Waals surface area contributed by atoms with Gasteiger partial charge in [0.2, 0.25) is 0 Å². The predicted octanol–water partition coefficient (Wildman–Crippen LogP) is 1.51. The number of nitrogens with zero attached hydrogens (tertiary/aromatic N) is 2. The fourth-order valence-electron chi connectivity index (χ4n) is 1.40. The summed E-state index contributed by atoms with van der Waals surface area (Å²) >= 11 is 0. The maximum Gasteiger partial charge on any atom is 0.173 e. The van der Waals surface area contributed by atoms with Crippen LogP contribution in [0.3, 0.4) is 0 Å². The summed E-state index contributed by atoms with van der Waals surface area (Å²) in [6.45, 7) is 4.59. The standard InChI is InChI=1S/C14H23N3O3/c1-14(2,17(3)4)9-20-12-8-10(19-5)6-7-11(12)13(15)16-18/h6-8,18H,9H2,1-5H3,(H2,15,16). The summed E-state index contributed by atoms with van der Waals surface area (Å²) in [4.78, 5) is 2.07. The molecule has 0 aromatic heterocycles. The molecule has 1 rings (SSSR count). The molecular weight excluding hydrogens is 258 g/mol. The zero-order chi connectivity index (χ0) is 15.3. The number of ether oxygens (including phenoxy) is 2. The lowest BCUT2D eigenvalue weighted by Crippen LogP contribution is -2.43. The molecule has 0 radical (unpaired) electrons. The van der Waals surface area contributed by atoms with Crippen LogP contribution in [0.15, 0.2) is 23.4 Å². The van der Waals surface area contributed by atoms with Crippen molar-refractivity contribution in [1.29, 1.82) is 0 Å². The molecule has 1 aromatic carbocycles. The third-order valence-corrected chi connectivity index (χ3v) is 3.36. The van der Waals surface area contributed by atoms with E-state index in [0.717, 1.165) is 0 Å². The van der Waals surface area contributed by atoms with Gasteiger partial charge in [0.05, 0.1) is 12.7 Å². The highest BCUT2D eigenvalue weighted by atomic mass is 16.5. The molecule has 6 heteroatoms. The Bertz CT molecular complexity index is 485. The molecule has 0 saturated heterocycles. The summed E-state index contributed by atoms with van der Waals surface area (Å²) in [5.41, 5.74) is 6.04. The predicted molar refractivity (Wildman–Crippen MR) is 78.8 cm³/mol. The number of hydrogen-bond acceptors (Lipinski definition) is 5. The van der Waals surface area contributed by atoms with Crippen molar-refractivity contribution in [1.82, 2.24) is 4.90 Å². The van der Waals surface area contributed by atoms with E-state index in [0.29, 0.717) is 23.7 Å². The van der Waals surface area contributed by atoms with E-state index >= 15 is 0 Å². The van der Waals surface area contributed by atoms with Crippen molar-refractivity contribution in [2.24, 2.45) is 10.9 Å². The number of hydrogen-bond donors (Lipinski definition) is 2. The maximum atomic E-state index is 8.82. The molecule has 0 fully saturated rings. The molecule has 0 aliphatic heterocycles. The van der Waals surface area contributed by atoms with Gasteiger partial charge in [-0.05, 0) is 40.1 Å². The van der Waals surface area contributed by atoms with Crippen LogP contribution in [0.4, 0.5) is 0 Å². The summed E-state index contributed by atoms with van der Waals surface area (Å²) in [6.07, 6.45) is 0. The fourth-order valence-corrected chi connectivity index (χ4v) is 1.40. The van der Waals surface area contributed by atoms with Gasteiger partial charge < -0.3 is 25.3 Å². The van der Waals surface area contributed by atoms with Gasteiger partial charge in [-0.25, -0.2) is 0 Å². The van der Waals surface area contributed by atoms with E-state index in [4.69, 9.17) is 20.4 Å². The van der Waals surface area contributed by atoms with Gasteiger partial charge in [0, 0.05) is 11.6 Å². The Morgan fingerprint density at radius 1 is 1.40 bits per heavy atom. The van der Waals surface area contributed by atoms with Crippen molar-refractivity contribution in [3.63, 3.8) is 0 Å². The second kappa shape index (κ2) is 6.47. The minimum atomic E-state index is -0.147. The van der Waals surface area contributed by atoms with E-state index in [1.165, 1.54) is 0 Å². The van der Waals surface area contributed by atoms with E-state index in [1.807, 2.05) is 14.1 Å². The van der Waals surface area contributed by atoms with Crippen LogP contribution in [0.25, 0.3) is 0 Å². The molecule has 0 amide bonds. The lowest BCUT2D eigenvalue weighted by atomic mass is 10.1. The van der Waals surface area contributed by atoms with Crippen molar-refractivity contribution in [2.45, 2.75) is 19.4 Å². The molecule has 0 spiro atoms. The number of methoxy groups -OCH3 is 1. The van der Waals surface area contributed by atoms with Gasteiger partial charge >= 0.3 is 0 Å². The molecule has 0 unspecified atom stereocenters. The Kier molecular flexibility index (Phi) is 5.21. The highest BCUT2D eigenvalue weighted by Gasteiger charge is 2.22. The number of benzene rings is 1. The zero-order valence-electron chi connectivity index (χ0n) is 12.7. The first kappa shape index (κ1) is 16.1. The molecule has 0 aliphatic rings. The highest BCUT2D eigenvalue weighted by molar-refractivity contribution is 5.99. The average Bonchev–Trinajstić information content (AvgIpc) is 2.43. The highest BCUT2D eigenvalue weighted by Crippen LogP contribution is 2.26. The number of amidine groups is 1. The minimum absolute atomic E-state index is 0.00492. The van der Waals surface area contributed by atoms with Crippen LogP contribution < -0.4 is 15.2 Å². The molecule has 6 nitrogen and oxygen atoms in total. The lowest BCUT2D eigenvalue weighted by molar-refractivity contribution is 0.113. The van der Waals surface area contributed by atoms with Crippen molar-refractivity contribution in [2.75, 3.05) is 27.8 Å². The summed E-state index contributed by atoms with van der Waals surface area (Å²) in [6, 6.07) is 5.16. The first-order chi connectivity index (χ1) is 9.31. The van der Waals surface area contributed by atoms with Crippen molar-refractivity contribution in [3.05, 3.63) is 23.8 Å². The van der Waals surface area contributed by atoms with Crippen molar-refractivity contribution < 1.29 is 14.7 Å². The van der Waals surface area contributed by atoms with Crippen LogP contribution in [0.2, 0.25) is 0 Å². The van der Waals surface area contributed by atoms with E-state index in [2.05, 4.69) is 23.9 Å². The Morgan fingerprint density at radius 2 is 2.05 bits per heavy atom. The van der Waals surface area contributed by atoms with Crippen molar-refractivity contribution in [3.8, 4) is 11.5 Å². The van der Waals surface area contributed by atoms with Gasteiger partial charge in [0.15, 0.2) is 5.84 Å². The third-order valence-electron chi connectivity index (χ3n) is 3.36. The molecule has 0 heterocycles. The molecular formula is C14H23N3O3. The van der Waals surface area contributed by atoms with Crippen LogP contribution >= 0.6 is 0 Å². The smallest absolute Gasteiger partial charge is 0.173 e. The summed E-state index contributed by atoms with van der Waals surface area (Å²) < 4.78 is 11.0. The van der Waals surface area contributed by atoms with Gasteiger partial charge in [-0.15, -0.1) is 0 Å². The van der Waals surface area contributed by atoms with Crippen LogP contribution in [0, 0.1) is 0 Å². The summed E-state index contributed by atoms with van der Waals surface area (Å²) in [7, 11) is 5.55. The second-order valence-corrected chi connectivity index (χ2v) is 5.34. The van der Waals surface area contributed by atoms with Gasteiger partial charge in [0.25, 0.3) is 0 Å². The van der Waals surface area contributed by atoms with Crippen LogP contribution in [-0.2, 0) is 0 Å². The normalized spacial score (nSPS) is 12.6. The number of likely N-dealkylation sites (N-methyl/N-ethyl adjacent to an activating group) is 1. The van der Waals surface area contributed by atoms with Gasteiger partial charge in [-0.1, -0.05) is 5.16 Å². The Balaban J connectivity index is 3.02. The third kappa shape index (κ3) is 3.77. The minimum Gasteiger partial charge on any atom is -0.497 e. The van der Waals surface area contributed by atoms with E-state index in [1.54, 1.807) is 25.3 Å². The van der Waals surface area contributed by atoms with Crippen LogP contribution in [0.5, 0.6) is 11.5 Å². The summed E-state index contributed by atoms with van der Waals surface area (Å²) in [5.74, 6) is 1.18. The lowest BCUT2D eigenvalue weighted by Gasteiger charge is -2.32. The first-order valence-electron chi connectivity index (χ1n) is 6.28.